The topological polar surface area (TPSA) is 92.9 Å². The largest absolute Gasteiger partial charge is 0.648 e. The normalized spacial score (nSPS) is 13.0. The molecule has 0 radical (unpaired) electrons. The summed E-state index contributed by atoms with van der Waals surface area (Å²) in [4.78, 5) is 8.31. The van der Waals surface area contributed by atoms with Crippen LogP contribution in [-0.4, -0.2) is 20.2 Å². The maximum absolute atomic E-state index is 9.78. The highest BCUT2D eigenvalue weighted by molar-refractivity contribution is 7.13. The van der Waals surface area contributed by atoms with Gasteiger partial charge in [-0.05, 0) is 29.3 Å². The summed E-state index contributed by atoms with van der Waals surface area (Å²) in [5, 5.41) is 21.1. The molecule has 18 heavy (non-hydrogen) atoms. The summed E-state index contributed by atoms with van der Waals surface area (Å²) in [5.41, 5.74) is 8.63. The fourth-order valence-electron chi connectivity index (χ4n) is 1.85. The number of benzene rings is 1. The smallest absolute Gasteiger partial charge is 0.148 e. The van der Waals surface area contributed by atoms with Crippen LogP contribution < -0.4 is 0 Å². The number of thiophene rings is 1. The molecule has 5 nitrogen and oxygen atoms in total. The van der Waals surface area contributed by atoms with Gasteiger partial charge in [0, 0.05) is 0 Å². The number of aromatic amines is 1. The molecule has 1 atom stereocenters. The van der Waals surface area contributed by atoms with Crippen molar-refractivity contribution >= 4 is 22.4 Å². The number of hydrogen-bond acceptors (Lipinski definition) is 4. The summed E-state index contributed by atoms with van der Waals surface area (Å²) < 4.78 is 0. The molecule has 0 amide bonds. The van der Waals surface area contributed by atoms with E-state index < -0.39 is 6.23 Å². The third kappa shape index (κ3) is 1.67. The standard InChI is InChI=1S/C12H10N3O2S/c13-11(17)6-3-4-7(16)10-9(6)14-12(15-10)8-2-1-5-18-8/h1-5,11,13,16-17H,(H,14,15)/q-1. The Kier molecular flexibility index (Phi) is 2.55. The van der Waals surface area contributed by atoms with Gasteiger partial charge in [0.05, 0.1) is 10.4 Å². The number of H-pyrrole nitrogens is 1. The molecule has 92 valence electrons. The van der Waals surface area contributed by atoms with E-state index in [4.69, 9.17) is 5.73 Å². The first kappa shape index (κ1) is 11.2. The quantitative estimate of drug-likeness (QED) is 0.661. The molecule has 3 rings (SSSR count). The van der Waals surface area contributed by atoms with Gasteiger partial charge in [-0.2, -0.15) is 0 Å². The lowest BCUT2D eigenvalue weighted by molar-refractivity contribution is 0.230. The second-order valence-electron chi connectivity index (χ2n) is 3.86. The maximum Gasteiger partial charge on any atom is 0.148 e. The van der Waals surface area contributed by atoms with E-state index in [1.54, 1.807) is 0 Å². The van der Waals surface area contributed by atoms with Crippen LogP contribution in [0.15, 0.2) is 29.6 Å². The fourth-order valence-corrected chi connectivity index (χ4v) is 2.52. The van der Waals surface area contributed by atoms with Gasteiger partial charge in [-0.25, -0.2) is 4.98 Å². The molecule has 2 heterocycles. The van der Waals surface area contributed by atoms with Crippen LogP contribution in [0, 0.1) is 0 Å². The molecule has 6 heteroatoms. The van der Waals surface area contributed by atoms with E-state index in [2.05, 4.69) is 9.97 Å². The number of imidazole rings is 1. The van der Waals surface area contributed by atoms with Crippen LogP contribution in [0.25, 0.3) is 27.5 Å². The van der Waals surface area contributed by atoms with E-state index >= 15 is 0 Å². The molecule has 2 aromatic heterocycles. The number of rotatable bonds is 2. The van der Waals surface area contributed by atoms with Crippen molar-refractivity contribution in [1.29, 1.82) is 0 Å². The van der Waals surface area contributed by atoms with E-state index in [0.29, 0.717) is 22.4 Å². The van der Waals surface area contributed by atoms with Gasteiger partial charge < -0.3 is 20.9 Å². The SMILES string of the molecule is [NH-]C(O)c1ccc(O)c2[nH]c(-c3cccs3)nc12. The Hall–Kier alpha value is -1.89. The minimum atomic E-state index is -1.37. The van der Waals surface area contributed by atoms with Crippen molar-refractivity contribution in [3.05, 3.63) is 40.9 Å². The summed E-state index contributed by atoms with van der Waals surface area (Å²) in [6.45, 7) is 0. The number of aromatic nitrogens is 2. The summed E-state index contributed by atoms with van der Waals surface area (Å²) in [5.74, 6) is 0.688. The van der Waals surface area contributed by atoms with Gasteiger partial charge in [0.25, 0.3) is 0 Å². The van der Waals surface area contributed by atoms with Gasteiger partial charge >= 0.3 is 0 Å². The third-order valence-corrected chi connectivity index (χ3v) is 3.58. The van der Waals surface area contributed by atoms with Gasteiger partial charge in [0.15, 0.2) is 0 Å². The average molecular weight is 260 g/mol. The van der Waals surface area contributed by atoms with E-state index in [1.807, 2.05) is 17.5 Å². The van der Waals surface area contributed by atoms with Crippen molar-refractivity contribution in [2.24, 2.45) is 0 Å². The maximum atomic E-state index is 9.78. The Balaban J connectivity index is 2.28. The Morgan fingerprint density at radius 1 is 1.33 bits per heavy atom. The molecule has 0 fully saturated rings. The van der Waals surface area contributed by atoms with Crippen LogP contribution >= 0.6 is 11.3 Å². The second kappa shape index (κ2) is 4.09. The highest BCUT2D eigenvalue weighted by Gasteiger charge is 2.13. The molecule has 0 aliphatic rings. The molecule has 1 unspecified atom stereocenters. The van der Waals surface area contributed by atoms with Crippen molar-refractivity contribution in [2.75, 3.05) is 0 Å². The van der Waals surface area contributed by atoms with E-state index in [1.165, 1.54) is 23.5 Å². The lowest BCUT2D eigenvalue weighted by atomic mass is 10.1. The molecule has 0 saturated heterocycles. The number of aliphatic hydroxyl groups is 1. The second-order valence-corrected chi connectivity index (χ2v) is 4.81. The fraction of sp³-hybridized carbons (Fsp3) is 0.0833. The molecule has 1 aromatic carbocycles. The molecule has 0 aliphatic carbocycles. The predicted octanol–water partition coefficient (Wildman–Crippen LogP) is 3.04. The monoisotopic (exact) mass is 260 g/mol. The number of nitrogens with zero attached hydrogens (tertiary/aromatic N) is 1. The molecule has 0 aliphatic heterocycles. The highest BCUT2D eigenvalue weighted by Crippen LogP contribution is 2.32. The van der Waals surface area contributed by atoms with Crippen LogP contribution in [0.1, 0.15) is 11.8 Å². The van der Waals surface area contributed by atoms with Gasteiger partial charge in [-0.15, -0.1) is 11.3 Å². The zero-order valence-electron chi connectivity index (χ0n) is 9.21. The van der Waals surface area contributed by atoms with Crippen LogP contribution in [0.3, 0.4) is 0 Å². The predicted molar refractivity (Wildman–Crippen MR) is 70.4 cm³/mol. The van der Waals surface area contributed by atoms with E-state index in [0.717, 1.165) is 4.88 Å². The first-order valence-electron chi connectivity index (χ1n) is 5.31. The van der Waals surface area contributed by atoms with E-state index in [-0.39, 0.29) is 5.75 Å². The lowest BCUT2D eigenvalue weighted by Crippen LogP contribution is -1.91. The van der Waals surface area contributed by atoms with Crippen LogP contribution in [0.4, 0.5) is 0 Å². The Morgan fingerprint density at radius 2 is 2.17 bits per heavy atom. The van der Waals surface area contributed by atoms with Crippen molar-refractivity contribution in [3.8, 4) is 16.5 Å². The number of hydrogen-bond donors (Lipinski definition) is 3. The van der Waals surface area contributed by atoms with Gasteiger partial charge in [-0.3, -0.25) is 0 Å². The van der Waals surface area contributed by atoms with Crippen molar-refractivity contribution in [1.82, 2.24) is 9.97 Å². The van der Waals surface area contributed by atoms with Gasteiger partial charge in [-0.1, -0.05) is 12.1 Å². The molecule has 0 bridgehead atoms. The van der Waals surface area contributed by atoms with E-state index in [9.17, 15) is 10.2 Å². The summed E-state index contributed by atoms with van der Waals surface area (Å²) in [7, 11) is 0. The van der Waals surface area contributed by atoms with Crippen LogP contribution in [0.5, 0.6) is 5.75 Å². The van der Waals surface area contributed by atoms with Gasteiger partial charge in [0.2, 0.25) is 0 Å². The zero-order valence-corrected chi connectivity index (χ0v) is 10.0. The zero-order chi connectivity index (χ0) is 12.7. The number of phenolic OH excluding ortho intramolecular Hbond substituents is 1. The molecule has 0 spiro atoms. The Labute approximate surface area is 107 Å². The lowest BCUT2D eigenvalue weighted by Gasteiger charge is -2.13. The van der Waals surface area contributed by atoms with Crippen LogP contribution in [0.2, 0.25) is 0 Å². The number of aliphatic hydroxyl groups excluding tert-OH is 1. The number of fused-ring (bicyclic) bond motifs is 1. The third-order valence-electron chi connectivity index (χ3n) is 2.70. The number of nitrogens with one attached hydrogen (secondary N) is 2. The minimum absolute atomic E-state index is 0.0599. The molecule has 0 saturated carbocycles. The molecule has 3 aromatic rings. The highest BCUT2D eigenvalue weighted by atomic mass is 32.1. The summed E-state index contributed by atoms with van der Waals surface area (Å²) >= 11 is 1.53. The minimum Gasteiger partial charge on any atom is -0.648 e. The first-order chi connectivity index (χ1) is 8.66. The summed E-state index contributed by atoms with van der Waals surface area (Å²) in [6.07, 6.45) is -1.37. The molecular weight excluding hydrogens is 250 g/mol. The van der Waals surface area contributed by atoms with Crippen molar-refractivity contribution in [3.63, 3.8) is 0 Å². The van der Waals surface area contributed by atoms with Crippen molar-refractivity contribution in [2.45, 2.75) is 6.23 Å². The molecular formula is C12H10N3O2S-. The number of phenols is 1. The average Bonchev–Trinajstić information content (AvgIpc) is 2.97. The van der Waals surface area contributed by atoms with Gasteiger partial charge in [0.1, 0.15) is 17.1 Å². The first-order valence-corrected chi connectivity index (χ1v) is 6.19. The Bertz CT molecular complexity index is 689. The summed E-state index contributed by atoms with van der Waals surface area (Å²) in [6, 6.07) is 6.78. The Morgan fingerprint density at radius 3 is 2.83 bits per heavy atom. The number of aromatic hydroxyl groups is 1. The van der Waals surface area contributed by atoms with Crippen LogP contribution in [-0.2, 0) is 0 Å². The molecule has 4 N–H and O–H groups in total. The van der Waals surface area contributed by atoms with Crippen molar-refractivity contribution < 1.29 is 10.2 Å².